The molecule has 1 N–H and O–H groups in total. The molecule has 0 spiro atoms. The first-order valence-corrected chi connectivity index (χ1v) is 12.2. The summed E-state index contributed by atoms with van der Waals surface area (Å²) in [7, 11) is 3.35. The van der Waals surface area contributed by atoms with Crippen LogP contribution in [0.5, 0.6) is 5.75 Å². The Morgan fingerprint density at radius 1 is 1.08 bits per heavy atom. The minimum atomic E-state index is -0.365. The van der Waals surface area contributed by atoms with Gasteiger partial charge in [0.05, 0.1) is 42.5 Å². The average Bonchev–Trinajstić information content (AvgIpc) is 3.52. The number of carbonyl (C=O) groups is 2. The highest BCUT2D eigenvalue weighted by Gasteiger charge is 2.30. The van der Waals surface area contributed by atoms with Crippen molar-refractivity contribution in [2.24, 2.45) is 7.05 Å². The van der Waals surface area contributed by atoms with Crippen LogP contribution in [0.15, 0.2) is 30.7 Å². The molecule has 0 saturated heterocycles. The zero-order valence-corrected chi connectivity index (χ0v) is 21.6. The number of pyridine rings is 2. The zero-order valence-electron chi connectivity index (χ0n) is 20.0. The number of imidazole rings is 1. The molecule has 1 aliphatic rings. The van der Waals surface area contributed by atoms with E-state index < -0.39 is 0 Å². The van der Waals surface area contributed by atoms with Crippen molar-refractivity contribution >= 4 is 39.9 Å². The second-order valence-electron chi connectivity index (χ2n) is 8.37. The molecule has 184 valence electrons. The van der Waals surface area contributed by atoms with Gasteiger partial charge in [-0.25, -0.2) is 15.0 Å². The summed E-state index contributed by atoms with van der Waals surface area (Å²) in [6.07, 6.45) is 4.71. The fourth-order valence-corrected chi connectivity index (χ4v) is 5.13. The van der Waals surface area contributed by atoms with Gasteiger partial charge in [0.2, 0.25) is 0 Å². The Bertz CT molecular complexity index is 1490. The number of aryl methyl sites for hydroxylation is 2. The van der Waals surface area contributed by atoms with Crippen LogP contribution in [-0.2, 0) is 20.1 Å². The van der Waals surface area contributed by atoms with E-state index in [2.05, 4.69) is 25.3 Å². The maximum absolute atomic E-state index is 13.3. The summed E-state index contributed by atoms with van der Waals surface area (Å²) < 4.78 is 7.21. The first kappa shape index (κ1) is 23.9. The molecule has 0 radical (unpaired) electrons. The van der Waals surface area contributed by atoms with E-state index in [-0.39, 0.29) is 17.0 Å². The monoisotopic (exact) mass is 523 g/mol. The highest BCUT2D eigenvalue weighted by molar-refractivity contribution is 7.16. The third-order valence-corrected chi connectivity index (χ3v) is 7.21. The van der Waals surface area contributed by atoms with Crippen LogP contribution in [0, 0.1) is 13.8 Å². The number of nitrogens with zero attached hydrogens (tertiary/aromatic N) is 6. The molecule has 0 unspecified atom stereocenters. The van der Waals surface area contributed by atoms with Crippen molar-refractivity contribution in [3.8, 4) is 16.9 Å². The Labute approximate surface area is 216 Å². The maximum Gasteiger partial charge on any atom is 0.290 e. The highest BCUT2D eigenvalue weighted by Crippen LogP contribution is 2.35. The molecule has 36 heavy (non-hydrogen) atoms. The van der Waals surface area contributed by atoms with Crippen LogP contribution in [0.25, 0.3) is 11.1 Å². The number of rotatable bonds is 5. The fourth-order valence-electron chi connectivity index (χ4n) is 3.99. The summed E-state index contributed by atoms with van der Waals surface area (Å²) in [4.78, 5) is 45.9. The molecule has 0 saturated carbocycles. The summed E-state index contributed by atoms with van der Waals surface area (Å²) in [5, 5.41) is 3.61. The number of hydrogen-bond donors (Lipinski definition) is 1. The Balaban J connectivity index is 1.36. The predicted octanol–water partition coefficient (Wildman–Crippen LogP) is 4.02. The average molecular weight is 524 g/mol. The molecular formula is C24H22ClN7O3S. The molecule has 5 rings (SSSR count). The molecule has 10 nitrogen and oxygen atoms in total. The van der Waals surface area contributed by atoms with Crippen LogP contribution in [0.4, 0.5) is 5.13 Å². The van der Waals surface area contributed by atoms with Crippen LogP contribution >= 0.6 is 22.9 Å². The predicted molar refractivity (Wildman–Crippen MR) is 135 cm³/mol. The van der Waals surface area contributed by atoms with Crippen molar-refractivity contribution in [3.63, 3.8) is 0 Å². The molecule has 4 aromatic heterocycles. The third-order valence-electron chi connectivity index (χ3n) is 6.00. The summed E-state index contributed by atoms with van der Waals surface area (Å²) in [6.45, 7) is 4.51. The molecule has 0 aliphatic carbocycles. The van der Waals surface area contributed by atoms with Gasteiger partial charge < -0.3 is 14.2 Å². The quantitative estimate of drug-likeness (QED) is 0.393. The lowest BCUT2D eigenvalue weighted by Crippen LogP contribution is -2.28. The van der Waals surface area contributed by atoms with Crippen LogP contribution in [-0.4, -0.2) is 48.3 Å². The van der Waals surface area contributed by atoms with Gasteiger partial charge in [-0.1, -0.05) is 22.9 Å². The molecular weight excluding hydrogens is 502 g/mol. The van der Waals surface area contributed by atoms with Crippen LogP contribution in [0.3, 0.4) is 0 Å². The van der Waals surface area contributed by atoms with Gasteiger partial charge in [0.25, 0.3) is 11.8 Å². The van der Waals surface area contributed by atoms with Crippen molar-refractivity contribution < 1.29 is 14.3 Å². The summed E-state index contributed by atoms with van der Waals surface area (Å²) in [5.41, 5.74) is 4.00. The molecule has 0 bridgehead atoms. The van der Waals surface area contributed by atoms with E-state index in [1.54, 1.807) is 27.8 Å². The molecule has 12 heteroatoms. The standard InChI is InChI=1S/C24H22ClN7O3S/c1-12-5-14(15-6-20(25)27-9-18(15)35-4)16(8-26-12)22(33)30-24-29-17-10-32(11-19(17)36-24)23(34)21-28-7-13(2)31(21)3/h5-9H,10-11H2,1-4H3,(H,29,30,33). The number of halogens is 1. The molecule has 1 aliphatic heterocycles. The van der Waals surface area contributed by atoms with Crippen LogP contribution in [0.2, 0.25) is 5.15 Å². The number of aromatic nitrogens is 5. The van der Waals surface area contributed by atoms with Gasteiger partial charge in [0.1, 0.15) is 10.9 Å². The first-order valence-electron chi connectivity index (χ1n) is 11.0. The number of methoxy groups -OCH3 is 1. The largest absolute Gasteiger partial charge is 0.494 e. The van der Waals surface area contributed by atoms with E-state index >= 15 is 0 Å². The zero-order chi connectivity index (χ0) is 25.6. The lowest BCUT2D eigenvalue weighted by molar-refractivity contribution is 0.0734. The lowest BCUT2D eigenvalue weighted by Gasteiger charge is -2.15. The summed E-state index contributed by atoms with van der Waals surface area (Å²) >= 11 is 7.47. The van der Waals surface area contributed by atoms with Crippen molar-refractivity contribution in [2.45, 2.75) is 26.9 Å². The smallest absolute Gasteiger partial charge is 0.290 e. The number of amides is 2. The molecule has 4 aromatic rings. The van der Waals surface area contributed by atoms with Crippen molar-refractivity contribution in [1.29, 1.82) is 0 Å². The normalized spacial score (nSPS) is 12.5. The van der Waals surface area contributed by atoms with E-state index in [9.17, 15) is 9.59 Å². The Kier molecular flexibility index (Phi) is 6.19. The molecule has 0 aromatic carbocycles. The number of anilines is 1. The van der Waals surface area contributed by atoms with E-state index in [1.807, 2.05) is 20.9 Å². The molecule has 0 atom stereocenters. The number of hydrogen-bond acceptors (Lipinski definition) is 8. The van der Waals surface area contributed by atoms with E-state index in [0.717, 1.165) is 22.0 Å². The number of carbonyl (C=O) groups excluding carboxylic acids is 2. The van der Waals surface area contributed by atoms with Gasteiger partial charge in [0.15, 0.2) is 11.0 Å². The van der Waals surface area contributed by atoms with Gasteiger partial charge in [-0.05, 0) is 26.0 Å². The minimum absolute atomic E-state index is 0.151. The topological polar surface area (TPSA) is 115 Å². The summed E-state index contributed by atoms with van der Waals surface area (Å²) in [6, 6.07) is 3.45. The SMILES string of the molecule is COc1cnc(Cl)cc1-c1cc(C)ncc1C(=O)Nc1nc2c(s1)CN(C(=O)c1ncc(C)n1C)C2. The molecule has 0 fully saturated rings. The van der Waals surface area contributed by atoms with Gasteiger partial charge in [0, 0.05) is 42.0 Å². The fraction of sp³-hybridized carbons (Fsp3) is 0.250. The number of ether oxygens (including phenoxy) is 1. The first-order chi connectivity index (χ1) is 17.2. The van der Waals surface area contributed by atoms with Gasteiger partial charge in [-0.2, -0.15) is 0 Å². The highest BCUT2D eigenvalue weighted by atomic mass is 35.5. The second kappa shape index (κ2) is 9.32. The summed E-state index contributed by atoms with van der Waals surface area (Å²) in [5.74, 6) is 0.361. The van der Waals surface area contributed by atoms with Crippen LogP contribution < -0.4 is 10.1 Å². The number of thiazole rings is 1. The van der Waals surface area contributed by atoms with Crippen molar-refractivity contribution in [2.75, 3.05) is 12.4 Å². The van der Waals surface area contributed by atoms with Gasteiger partial charge in [-0.15, -0.1) is 0 Å². The van der Waals surface area contributed by atoms with E-state index in [1.165, 1.54) is 30.8 Å². The Hall–Kier alpha value is -3.83. The second-order valence-corrected chi connectivity index (χ2v) is 9.84. The number of nitrogens with one attached hydrogen (secondary N) is 1. The Morgan fingerprint density at radius 2 is 1.89 bits per heavy atom. The van der Waals surface area contributed by atoms with E-state index in [4.69, 9.17) is 16.3 Å². The number of fused-ring (bicyclic) bond motifs is 1. The minimum Gasteiger partial charge on any atom is -0.494 e. The third kappa shape index (κ3) is 4.31. The molecule has 2 amide bonds. The molecule has 5 heterocycles. The van der Waals surface area contributed by atoms with Crippen molar-refractivity contribution in [3.05, 3.63) is 69.2 Å². The maximum atomic E-state index is 13.3. The van der Waals surface area contributed by atoms with Crippen LogP contribution in [0.1, 0.15) is 42.9 Å². The lowest BCUT2D eigenvalue weighted by atomic mass is 10.0. The van der Waals surface area contributed by atoms with E-state index in [0.29, 0.717) is 46.5 Å². The van der Waals surface area contributed by atoms with Gasteiger partial charge in [-0.3, -0.25) is 19.9 Å². The van der Waals surface area contributed by atoms with Crippen molar-refractivity contribution in [1.82, 2.24) is 29.4 Å². The van der Waals surface area contributed by atoms with Gasteiger partial charge >= 0.3 is 0 Å². The Morgan fingerprint density at radius 3 is 2.58 bits per heavy atom.